The zero-order chi connectivity index (χ0) is 14.6. The monoisotopic (exact) mass is 293 g/mol. The van der Waals surface area contributed by atoms with Crippen molar-refractivity contribution in [3.8, 4) is 0 Å². The predicted molar refractivity (Wildman–Crippen MR) is 68.2 cm³/mol. The number of aliphatic hydroxyl groups excluding tert-OH is 1. The Kier molecular flexibility index (Phi) is 5.72. The van der Waals surface area contributed by atoms with Crippen LogP contribution in [0, 0.1) is 0 Å². The van der Waals surface area contributed by atoms with Gasteiger partial charge in [0.15, 0.2) is 0 Å². The van der Waals surface area contributed by atoms with E-state index in [1.807, 2.05) is 0 Å². The normalized spacial score (nSPS) is 31.8. The summed E-state index contributed by atoms with van der Waals surface area (Å²) in [7, 11) is -1.19. The number of carbonyl (C=O) groups excluding carboxylic acids is 1. The van der Waals surface area contributed by atoms with Gasteiger partial charge in [-0.15, -0.1) is 0 Å². The molecule has 1 saturated heterocycles. The van der Waals surface area contributed by atoms with E-state index in [0.29, 0.717) is 5.82 Å². The van der Waals surface area contributed by atoms with E-state index >= 15 is 0 Å². The number of rotatable bonds is 5. The zero-order valence-corrected chi connectivity index (χ0v) is 11.5. The van der Waals surface area contributed by atoms with Crippen LogP contribution >= 0.6 is 7.60 Å². The standard InChI is InChI=1S/C9H17BNO7P/c1-11-6(12)4-17-8-7(13)5(18-9(8)10)2-3-19(14,15)16/h2-3,5,7-9,13H,4,10H2,1H3,(H,11,12)(H2,14,15,16)/b3-2+/t5-,7?,8?,9-/m1/s1. The van der Waals surface area contributed by atoms with Crippen LogP contribution in [0.3, 0.4) is 0 Å². The minimum absolute atomic E-state index is 0.221. The molecule has 0 aliphatic carbocycles. The van der Waals surface area contributed by atoms with E-state index in [1.54, 1.807) is 7.85 Å². The smallest absolute Gasteiger partial charge is 0.348 e. The van der Waals surface area contributed by atoms with Gasteiger partial charge in [0, 0.05) is 12.9 Å². The molecule has 0 aromatic heterocycles. The van der Waals surface area contributed by atoms with Gasteiger partial charge in [-0.2, -0.15) is 0 Å². The number of carbonyl (C=O) groups is 1. The molecule has 4 atom stereocenters. The van der Waals surface area contributed by atoms with Crippen LogP contribution in [-0.4, -0.2) is 66.6 Å². The molecule has 4 N–H and O–H groups in total. The van der Waals surface area contributed by atoms with Crippen molar-refractivity contribution >= 4 is 21.3 Å². The first-order valence-electron chi connectivity index (χ1n) is 5.65. The van der Waals surface area contributed by atoms with Crippen LogP contribution in [-0.2, 0) is 18.8 Å². The van der Waals surface area contributed by atoms with Crippen LogP contribution in [0.1, 0.15) is 0 Å². The third-order valence-electron chi connectivity index (χ3n) is 2.66. The third-order valence-corrected chi connectivity index (χ3v) is 3.22. The molecule has 1 aliphatic rings. The molecule has 0 aromatic rings. The van der Waals surface area contributed by atoms with Gasteiger partial charge in [0.2, 0.25) is 5.91 Å². The Morgan fingerprint density at radius 1 is 1.58 bits per heavy atom. The van der Waals surface area contributed by atoms with E-state index in [0.717, 1.165) is 6.08 Å². The second kappa shape index (κ2) is 6.65. The molecule has 19 heavy (non-hydrogen) atoms. The van der Waals surface area contributed by atoms with Crippen LogP contribution < -0.4 is 5.32 Å². The molecular weight excluding hydrogens is 276 g/mol. The molecule has 1 rings (SSSR count). The third kappa shape index (κ3) is 5.06. The lowest BCUT2D eigenvalue weighted by atomic mass is 9.93. The summed E-state index contributed by atoms with van der Waals surface area (Å²) in [4.78, 5) is 28.5. The average molecular weight is 293 g/mol. The number of amides is 1. The van der Waals surface area contributed by atoms with Gasteiger partial charge in [0.05, 0.1) is 6.00 Å². The second-order valence-corrected chi connectivity index (χ2v) is 5.65. The van der Waals surface area contributed by atoms with Crippen LogP contribution in [0.25, 0.3) is 0 Å². The summed E-state index contributed by atoms with van der Waals surface area (Å²) in [5, 5.41) is 12.3. The van der Waals surface area contributed by atoms with Gasteiger partial charge in [-0.1, -0.05) is 0 Å². The first-order chi connectivity index (χ1) is 8.74. The predicted octanol–water partition coefficient (Wildman–Crippen LogP) is -2.47. The fraction of sp³-hybridized carbons (Fsp3) is 0.667. The van der Waals surface area contributed by atoms with E-state index in [-0.39, 0.29) is 12.5 Å². The molecule has 0 saturated carbocycles. The largest absolute Gasteiger partial charge is 0.387 e. The maximum absolute atomic E-state index is 11.0. The molecule has 1 fully saturated rings. The summed E-state index contributed by atoms with van der Waals surface area (Å²) in [5.41, 5.74) is 0. The van der Waals surface area contributed by atoms with Crippen LogP contribution in [0.15, 0.2) is 11.9 Å². The van der Waals surface area contributed by atoms with Crippen molar-refractivity contribution in [1.29, 1.82) is 0 Å². The minimum Gasteiger partial charge on any atom is -0.387 e. The van der Waals surface area contributed by atoms with Crippen molar-refractivity contribution in [3.63, 3.8) is 0 Å². The fourth-order valence-electron chi connectivity index (χ4n) is 1.70. The lowest BCUT2D eigenvalue weighted by Gasteiger charge is -2.17. The Bertz CT molecular complexity index is 398. The summed E-state index contributed by atoms with van der Waals surface area (Å²) < 4.78 is 21.2. The van der Waals surface area contributed by atoms with Crippen LogP contribution in [0.2, 0.25) is 0 Å². The fourth-order valence-corrected chi connectivity index (χ4v) is 2.10. The van der Waals surface area contributed by atoms with E-state index in [2.05, 4.69) is 5.32 Å². The molecule has 10 heteroatoms. The van der Waals surface area contributed by atoms with E-state index in [1.165, 1.54) is 7.05 Å². The topological polar surface area (TPSA) is 125 Å². The highest BCUT2D eigenvalue weighted by Gasteiger charge is 2.41. The van der Waals surface area contributed by atoms with Gasteiger partial charge in [-0.05, 0) is 6.08 Å². The van der Waals surface area contributed by atoms with Gasteiger partial charge in [-0.25, -0.2) is 0 Å². The molecule has 8 nitrogen and oxygen atoms in total. The van der Waals surface area contributed by atoms with Crippen LogP contribution in [0.4, 0.5) is 0 Å². The molecule has 1 aliphatic heterocycles. The number of hydrogen-bond acceptors (Lipinski definition) is 5. The highest BCUT2D eigenvalue weighted by molar-refractivity contribution is 7.55. The highest BCUT2D eigenvalue weighted by Crippen LogP contribution is 2.37. The number of ether oxygens (including phenoxy) is 2. The second-order valence-electron chi connectivity index (χ2n) is 4.18. The summed E-state index contributed by atoms with van der Waals surface area (Å²) in [6.45, 7) is -0.221. The minimum atomic E-state index is -4.30. The van der Waals surface area contributed by atoms with Crippen LogP contribution in [0.5, 0.6) is 0 Å². The molecule has 1 heterocycles. The van der Waals surface area contributed by atoms with E-state index in [4.69, 9.17) is 19.3 Å². The molecule has 108 valence electrons. The van der Waals surface area contributed by atoms with Gasteiger partial charge < -0.3 is 29.7 Å². The Morgan fingerprint density at radius 2 is 2.21 bits per heavy atom. The van der Waals surface area contributed by atoms with Crippen molar-refractivity contribution in [2.75, 3.05) is 13.7 Å². The molecular formula is C9H17BNO7P. The summed E-state index contributed by atoms with van der Waals surface area (Å²) in [6, 6.07) is -0.494. The van der Waals surface area contributed by atoms with Crippen molar-refractivity contribution in [3.05, 3.63) is 11.9 Å². The lowest BCUT2D eigenvalue weighted by molar-refractivity contribution is -0.129. The first-order valence-corrected chi connectivity index (χ1v) is 7.33. The Morgan fingerprint density at radius 3 is 2.74 bits per heavy atom. The Labute approximate surface area is 111 Å². The van der Waals surface area contributed by atoms with Gasteiger partial charge in [-0.3, -0.25) is 9.36 Å². The molecule has 1 amide bonds. The zero-order valence-electron chi connectivity index (χ0n) is 10.6. The number of nitrogens with one attached hydrogen (secondary N) is 1. The van der Waals surface area contributed by atoms with Gasteiger partial charge in [0.25, 0.3) is 0 Å². The number of likely N-dealkylation sites (N-methyl/N-ethyl adjacent to an activating group) is 1. The Balaban J connectivity index is 2.60. The average Bonchev–Trinajstić information content (AvgIpc) is 2.58. The van der Waals surface area contributed by atoms with Gasteiger partial charge in [0.1, 0.15) is 32.8 Å². The number of aliphatic hydroxyl groups is 1. The summed E-state index contributed by atoms with van der Waals surface area (Å²) >= 11 is 0. The molecule has 0 radical (unpaired) electrons. The van der Waals surface area contributed by atoms with Crippen molar-refractivity contribution in [2.45, 2.75) is 24.3 Å². The van der Waals surface area contributed by atoms with Crippen molar-refractivity contribution in [2.24, 2.45) is 0 Å². The molecule has 0 spiro atoms. The molecule has 0 bridgehead atoms. The maximum Gasteiger partial charge on any atom is 0.348 e. The van der Waals surface area contributed by atoms with Crippen molar-refractivity contribution in [1.82, 2.24) is 5.32 Å². The molecule has 2 unspecified atom stereocenters. The highest BCUT2D eigenvalue weighted by atomic mass is 31.2. The quantitative estimate of drug-likeness (QED) is 0.327. The van der Waals surface area contributed by atoms with E-state index < -0.39 is 31.9 Å². The lowest BCUT2D eigenvalue weighted by Crippen LogP contribution is -2.38. The van der Waals surface area contributed by atoms with E-state index in [9.17, 15) is 14.5 Å². The first kappa shape index (κ1) is 16.4. The maximum atomic E-state index is 11.0. The molecule has 0 aromatic carbocycles. The summed E-state index contributed by atoms with van der Waals surface area (Å²) in [6.07, 6.45) is -1.60. The SMILES string of the molecule is B[C@@H]1O[C@H](/C=C/P(=O)(O)O)C(O)C1OCC(=O)NC. The van der Waals surface area contributed by atoms with Crippen molar-refractivity contribution < 1.29 is 33.7 Å². The summed E-state index contributed by atoms with van der Waals surface area (Å²) in [5.74, 6) is 0.336. The Hall–Kier alpha value is -0.695. The number of hydrogen-bond donors (Lipinski definition) is 4. The van der Waals surface area contributed by atoms with Gasteiger partial charge >= 0.3 is 7.60 Å².